The summed E-state index contributed by atoms with van der Waals surface area (Å²) >= 11 is 3.36. The van der Waals surface area contributed by atoms with Crippen LogP contribution in [0, 0.1) is 0 Å². The van der Waals surface area contributed by atoms with E-state index >= 15 is 0 Å². The van der Waals surface area contributed by atoms with Gasteiger partial charge in [-0.15, -0.1) is 0 Å². The average molecular weight is 381 g/mol. The Hall–Kier alpha value is -2.21. The number of esters is 1. The third kappa shape index (κ3) is 5.83. The Balaban J connectivity index is 1.67. The summed E-state index contributed by atoms with van der Waals surface area (Å²) in [7, 11) is 1.54. The monoisotopic (exact) mass is 380 g/mol. The number of para-hydroxylation sites is 2. The molecule has 23 heavy (non-hydrogen) atoms. The SMILES string of the molecule is COc1ccccc1OCC(=O)OCCOc1cccc(Br)c1. The molecule has 2 aromatic carbocycles. The van der Waals surface area contributed by atoms with Gasteiger partial charge in [0.1, 0.15) is 19.0 Å². The molecule has 0 N–H and O–H groups in total. The Labute approximate surface area is 143 Å². The zero-order chi connectivity index (χ0) is 16.5. The van der Waals surface area contributed by atoms with Crippen molar-refractivity contribution in [2.75, 3.05) is 26.9 Å². The zero-order valence-corrected chi connectivity index (χ0v) is 14.2. The van der Waals surface area contributed by atoms with E-state index in [1.165, 1.54) is 0 Å². The molecule has 0 bridgehead atoms. The molecule has 0 saturated heterocycles. The highest BCUT2D eigenvalue weighted by molar-refractivity contribution is 9.10. The van der Waals surface area contributed by atoms with Gasteiger partial charge in [0.05, 0.1) is 7.11 Å². The van der Waals surface area contributed by atoms with E-state index in [4.69, 9.17) is 18.9 Å². The van der Waals surface area contributed by atoms with E-state index in [-0.39, 0.29) is 19.8 Å². The molecule has 0 aliphatic carbocycles. The van der Waals surface area contributed by atoms with E-state index in [1.54, 1.807) is 25.3 Å². The summed E-state index contributed by atoms with van der Waals surface area (Å²) in [5, 5.41) is 0. The van der Waals surface area contributed by atoms with Crippen molar-refractivity contribution < 1.29 is 23.7 Å². The predicted molar refractivity (Wildman–Crippen MR) is 89.1 cm³/mol. The smallest absolute Gasteiger partial charge is 0.344 e. The van der Waals surface area contributed by atoms with Gasteiger partial charge in [-0.25, -0.2) is 4.79 Å². The maximum absolute atomic E-state index is 11.6. The number of benzene rings is 2. The third-order valence-electron chi connectivity index (χ3n) is 2.83. The maximum atomic E-state index is 11.6. The average Bonchev–Trinajstić information content (AvgIpc) is 2.57. The maximum Gasteiger partial charge on any atom is 0.344 e. The van der Waals surface area contributed by atoms with E-state index in [0.717, 1.165) is 4.47 Å². The first-order valence-corrected chi connectivity index (χ1v) is 7.78. The third-order valence-corrected chi connectivity index (χ3v) is 3.32. The van der Waals surface area contributed by atoms with E-state index in [1.807, 2.05) is 30.3 Å². The molecule has 0 aliphatic rings. The Morgan fingerprint density at radius 3 is 2.52 bits per heavy atom. The van der Waals surface area contributed by atoms with E-state index in [9.17, 15) is 4.79 Å². The summed E-state index contributed by atoms with van der Waals surface area (Å²) in [6.45, 7) is 0.245. The van der Waals surface area contributed by atoms with E-state index in [0.29, 0.717) is 17.2 Å². The number of hydrogen-bond acceptors (Lipinski definition) is 5. The summed E-state index contributed by atoms with van der Waals surface area (Å²) in [5.41, 5.74) is 0. The minimum atomic E-state index is -0.464. The predicted octanol–water partition coefficient (Wildman–Crippen LogP) is 3.46. The minimum absolute atomic E-state index is 0.153. The number of carbonyl (C=O) groups excluding carboxylic acids is 1. The highest BCUT2D eigenvalue weighted by atomic mass is 79.9. The topological polar surface area (TPSA) is 54.0 Å². The molecular weight excluding hydrogens is 364 g/mol. The van der Waals surface area contributed by atoms with Gasteiger partial charge in [-0.3, -0.25) is 0 Å². The lowest BCUT2D eigenvalue weighted by atomic mass is 10.3. The second-order valence-electron chi connectivity index (χ2n) is 4.47. The van der Waals surface area contributed by atoms with Crippen LogP contribution in [0.1, 0.15) is 0 Å². The molecule has 6 heteroatoms. The van der Waals surface area contributed by atoms with Crippen LogP contribution in [0.2, 0.25) is 0 Å². The molecule has 122 valence electrons. The molecule has 2 rings (SSSR count). The van der Waals surface area contributed by atoms with E-state index < -0.39 is 5.97 Å². The molecule has 5 nitrogen and oxygen atoms in total. The van der Waals surface area contributed by atoms with Crippen LogP contribution in [-0.2, 0) is 9.53 Å². The van der Waals surface area contributed by atoms with Gasteiger partial charge in [0.15, 0.2) is 18.1 Å². The number of halogens is 1. The molecule has 0 fully saturated rings. The largest absolute Gasteiger partial charge is 0.493 e. The van der Waals surface area contributed by atoms with Gasteiger partial charge in [0, 0.05) is 4.47 Å². The molecule has 0 saturated carbocycles. The van der Waals surface area contributed by atoms with Crippen LogP contribution in [-0.4, -0.2) is 32.9 Å². The van der Waals surface area contributed by atoms with Crippen LogP contribution in [0.3, 0.4) is 0 Å². The van der Waals surface area contributed by atoms with Crippen LogP contribution in [0.25, 0.3) is 0 Å². The standard InChI is InChI=1S/C17H17BrO5/c1-20-15-7-2-3-8-16(15)23-12-17(19)22-10-9-21-14-6-4-5-13(18)11-14/h2-8,11H,9-10,12H2,1H3. The fraction of sp³-hybridized carbons (Fsp3) is 0.235. The Bertz CT molecular complexity index is 644. The van der Waals surface area contributed by atoms with Crippen molar-refractivity contribution in [3.63, 3.8) is 0 Å². The Morgan fingerprint density at radius 1 is 1.00 bits per heavy atom. The minimum Gasteiger partial charge on any atom is -0.493 e. The number of hydrogen-bond donors (Lipinski definition) is 0. The van der Waals surface area contributed by atoms with Gasteiger partial charge in [-0.05, 0) is 30.3 Å². The van der Waals surface area contributed by atoms with Gasteiger partial charge in [-0.1, -0.05) is 34.1 Å². The number of rotatable bonds is 8. The summed E-state index contributed by atoms with van der Waals surface area (Å²) < 4.78 is 22.0. The second-order valence-corrected chi connectivity index (χ2v) is 5.38. The Kier molecular flexibility index (Phi) is 6.75. The second kappa shape index (κ2) is 9.05. The lowest BCUT2D eigenvalue weighted by Crippen LogP contribution is -2.18. The molecule has 0 heterocycles. The molecule has 0 aromatic heterocycles. The van der Waals surface area contributed by atoms with Crippen LogP contribution in [0.15, 0.2) is 53.0 Å². The van der Waals surface area contributed by atoms with Crippen molar-refractivity contribution in [1.29, 1.82) is 0 Å². The molecule has 0 atom stereocenters. The van der Waals surface area contributed by atoms with Crippen molar-refractivity contribution in [1.82, 2.24) is 0 Å². The summed E-state index contributed by atoms with van der Waals surface area (Å²) in [6.07, 6.45) is 0. The fourth-order valence-electron chi connectivity index (χ4n) is 1.79. The number of carbonyl (C=O) groups is 1. The first kappa shape index (κ1) is 17.1. The van der Waals surface area contributed by atoms with Gasteiger partial charge in [-0.2, -0.15) is 0 Å². The number of ether oxygens (including phenoxy) is 4. The highest BCUT2D eigenvalue weighted by Gasteiger charge is 2.07. The van der Waals surface area contributed by atoms with Gasteiger partial charge < -0.3 is 18.9 Å². The van der Waals surface area contributed by atoms with Gasteiger partial charge in [0.25, 0.3) is 0 Å². The van der Waals surface area contributed by atoms with Crippen molar-refractivity contribution >= 4 is 21.9 Å². The van der Waals surface area contributed by atoms with Crippen LogP contribution < -0.4 is 14.2 Å². The van der Waals surface area contributed by atoms with Crippen molar-refractivity contribution in [3.05, 3.63) is 53.0 Å². The molecule has 0 unspecified atom stereocenters. The van der Waals surface area contributed by atoms with Crippen molar-refractivity contribution in [2.45, 2.75) is 0 Å². The lowest BCUT2D eigenvalue weighted by molar-refractivity contribution is -0.146. The first-order chi connectivity index (χ1) is 11.2. The fourth-order valence-corrected chi connectivity index (χ4v) is 2.17. The van der Waals surface area contributed by atoms with Crippen molar-refractivity contribution in [2.24, 2.45) is 0 Å². The van der Waals surface area contributed by atoms with Crippen LogP contribution >= 0.6 is 15.9 Å². The molecule has 0 spiro atoms. The summed E-state index contributed by atoms with van der Waals surface area (Å²) in [4.78, 5) is 11.6. The molecular formula is C17H17BrO5. The summed E-state index contributed by atoms with van der Waals surface area (Å²) in [5.74, 6) is 1.31. The quantitative estimate of drug-likeness (QED) is 0.518. The zero-order valence-electron chi connectivity index (χ0n) is 12.7. The van der Waals surface area contributed by atoms with Crippen LogP contribution in [0.4, 0.5) is 0 Å². The molecule has 2 aromatic rings. The molecule has 0 aliphatic heterocycles. The lowest BCUT2D eigenvalue weighted by Gasteiger charge is -2.10. The van der Waals surface area contributed by atoms with E-state index in [2.05, 4.69) is 15.9 Å². The van der Waals surface area contributed by atoms with Gasteiger partial charge >= 0.3 is 5.97 Å². The van der Waals surface area contributed by atoms with Crippen molar-refractivity contribution in [3.8, 4) is 17.2 Å². The van der Waals surface area contributed by atoms with Gasteiger partial charge in [0.2, 0.25) is 0 Å². The van der Waals surface area contributed by atoms with Crippen LogP contribution in [0.5, 0.6) is 17.2 Å². The molecule has 0 amide bonds. The highest BCUT2D eigenvalue weighted by Crippen LogP contribution is 2.25. The normalized spacial score (nSPS) is 10.0. The first-order valence-electron chi connectivity index (χ1n) is 6.99. The Morgan fingerprint density at radius 2 is 1.78 bits per heavy atom. The molecule has 0 radical (unpaired) electrons. The summed E-state index contributed by atoms with van der Waals surface area (Å²) in [6, 6.07) is 14.5. The number of methoxy groups -OCH3 is 1.